The molecule has 1 aromatic heterocycles. The average molecular weight is 319 g/mol. The molecule has 0 atom stereocenters. The Labute approximate surface area is 132 Å². The zero-order valence-electron chi connectivity index (χ0n) is 11.9. The molecule has 0 unspecified atom stereocenters. The van der Waals surface area contributed by atoms with Gasteiger partial charge in [0, 0.05) is 28.7 Å². The number of amides is 1. The van der Waals surface area contributed by atoms with Crippen molar-refractivity contribution < 1.29 is 14.7 Å². The Kier molecular flexibility index (Phi) is 5.01. The van der Waals surface area contributed by atoms with Gasteiger partial charge in [0.25, 0.3) is 0 Å². The number of carbonyl (C=O) groups excluding carboxylic acids is 1. The summed E-state index contributed by atoms with van der Waals surface area (Å²) in [6, 6.07) is 8.72. The molecule has 1 amide bonds. The maximum absolute atomic E-state index is 12.1. The number of benzene rings is 1. The number of aromatic nitrogens is 1. The summed E-state index contributed by atoms with van der Waals surface area (Å²) in [4.78, 5) is 22.7. The SMILES string of the molecule is Cc1cc(Cl)ccc1NC(=O)Cn1cccc1/C=C/C(=O)O. The lowest BCUT2D eigenvalue weighted by Crippen LogP contribution is -2.19. The molecule has 0 saturated carbocycles. The maximum Gasteiger partial charge on any atom is 0.328 e. The van der Waals surface area contributed by atoms with Gasteiger partial charge in [-0.15, -0.1) is 0 Å². The van der Waals surface area contributed by atoms with E-state index in [1.807, 2.05) is 6.92 Å². The van der Waals surface area contributed by atoms with Gasteiger partial charge >= 0.3 is 5.97 Å². The van der Waals surface area contributed by atoms with Gasteiger partial charge in [0.2, 0.25) is 5.91 Å². The summed E-state index contributed by atoms with van der Waals surface area (Å²) < 4.78 is 1.67. The molecule has 0 fully saturated rings. The molecule has 0 radical (unpaired) electrons. The van der Waals surface area contributed by atoms with Crippen LogP contribution in [0.5, 0.6) is 0 Å². The van der Waals surface area contributed by atoms with Crippen LogP contribution >= 0.6 is 11.6 Å². The Balaban J connectivity index is 2.06. The Morgan fingerprint density at radius 1 is 1.36 bits per heavy atom. The molecule has 1 heterocycles. The third-order valence-corrected chi connectivity index (χ3v) is 3.27. The van der Waals surface area contributed by atoms with Gasteiger partial charge in [0.05, 0.1) is 0 Å². The van der Waals surface area contributed by atoms with Crippen molar-refractivity contribution in [3.05, 3.63) is 58.9 Å². The first-order chi connectivity index (χ1) is 10.5. The summed E-state index contributed by atoms with van der Waals surface area (Å²) in [7, 11) is 0. The molecule has 22 heavy (non-hydrogen) atoms. The molecule has 2 aromatic rings. The zero-order chi connectivity index (χ0) is 16.1. The highest BCUT2D eigenvalue weighted by atomic mass is 35.5. The van der Waals surface area contributed by atoms with Gasteiger partial charge in [-0.3, -0.25) is 4.79 Å². The fourth-order valence-electron chi connectivity index (χ4n) is 1.99. The lowest BCUT2D eigenvalue weighted by molar-refractivity contribution is -0.131. The van der Waals surface area contributed by atoms with Crippen LogP contribution in [0.2, 0.25) is 5.02 Å². The van der Waals surface area contributed by atoms with Crippen LogP contribution in [0.25, 0.3) is 6.08 Å². The van der Waals surface area contributed by atoms with Crippen LogP contribution in [0.1, 0.15) is 11.3 Å². The second-order valence-corrected chi connectivity index (χ2v) is 5.18. The minimum absolute atomic E-state index is 0.0916. The van der Waals surface area contributed by atoms with E-state index in [0.29, 0.717) is 16.4 Å². The molecule has 1 aromatic carbocycles. The van der Waals surface area contributed by atoms with E-state index in [9.17, 15) is 9.59 Å². The van der Waals surface area contributed by atoms with E-state index < -0.39 is 5.97 Å². The number of rotatable bonds is 5. The molecule has 0 bridgehead atoms. The highest BCUT2D eigenvalue weighted by Gasteiger charge is 2.07. The summed E-state index contributed by atoms with van der Waals surface area (Å²) in [5.74, 6) is -1.24. The van der Waals surface area contributed by atoms with Crippen molar-refractivity contribution in [2.24, 2.45) is 0 Å². The average Bonchev–Trinajstić information content (AvgIpc) is 2.87. The molecule has 2 rings (SSSR count). The van der Waals surface area contributed by atoms with E-state index in [1.165, 1.54) is 6.08 Å². The fourth-order valence-corrected chi connectivity index (χ4v) is 2.22. The van der Waals surface area contributed by atoms with E-state index >= 15 is 0 Å². The molecular formula is C16H15ClN2O3. The molecule has 6 heteroatoms. The third kappa shape index (κ3) is 4.23. The molecule has 114 valence electrons. The number of aliphatic carboxylic acids is 1. The third-order valence-electron chi connectivity index (χ3n) is 3.04. The number of hydrogen-bond acceptors (Lipinski definition) is 2. The van der Waals surface area contributed by atoms with E-state index in [0.717, 1.165) is 11.6 Å². The van der Waals surface area contributed by atoms with Crippen LogP contribution in [-0.4, -0.2) is 21.6 Å². The number of nitrogens with zero attached hydrogens (tertiary/aromatic N) is 1. The highest BCUT2D eigenvalue weighted by Crippen LogP contribution is 2.19. The number of hydrogen-bond donors (Lipinski definition) is 2. The van der Waals surface area contributed by atoms with Crippen molar-refractivity contribution in [3.63, 3.8) is 0 Å². The number of anilines is 1. The normalized spacial score (nSPS) is 10.8. The van der Waals surface area contributed by atoms with Crippen molar-refractivity contribution in [2.75, 3.05) is 5.32 Å². The Bertz CT molecular complexity index is 735. The van der Waals surface area contributed by atoms with Crippen LogP contribution in [0.4, 0.5) is 5.69 Å². The largest absolute Gasteiger partial charge is 0.478 e. The molecule has 0 aliphatic carbocycles. The smallest absolute Gasteiger partial charge is 0.328 e. The lowest BCUT2D eigenvalue weighted by atomic mass is 10.2. The number of halogens is 1. The molecular weight excluding hydrogens is 304 g/mol. The quantitative estimate of drug-likeness (QED) is 0.832. The van der Waals surface area contributed by atoms with Crippen molar-refractivity contribution >= 4 is 35.2 Å². The molecule has 0 aliphatic rings. The fraction of sp³-hybridized carbons (Fsp3) is 0.125. The standard InChI is InChI=1S/C16H15ClN2O3/c1-11-9-12(17)4-6-14(11)18-15(20)10-19-8-2-3-13(19)5-7-16(21)22/h2-9H,10H2,1H3,(H,18,20)(H,21,22)/b7-5+. The first-order valence-electron chi connectivity index (χ1n) is 6.58. The zero-order valence-corrected chi connectivity index (χ0v) is 12.7. The summed E-state index contributed by atoms with van der Waals surface area (Å²) >= 11 is 5.88. The van der Waals surface area contributed by atoms with Gasteiger partial charge < -0.3 is 15.0 Å². The van der Waals surface area contributed by atoms with Crippen LogP contribution < -0.4 is 5.32 Å². The molecule has 2 N–H and O–H groups in total. The predicted octanol–water partition coefficient (Wildman–Crippen LogP) is 3.19. The monoisotopic (exact) mass is 318 g/mol. The second-order valence-electron chi connectivity index (χ2n) is 4.74. The van der Waals surface area contributed by atoms with Gasteiger partial charge in [-0.25, -0.2) is 4.79 Å². The Morgan fingerprint density at radius 3 is 2.82 bits per heavy atom. The predicted molar refractivity (Wildman–Crippen MR) is 85.9 cm³/mol. The first kappa shape index (κ1) is 15.9. The number of nitrogens with one attached hydrogen (secondary N) is 1. The van der Waals surface area contributed by atoms with Gasteiger partial charge in [0.1, 0.15) is 6.54 Å². The molecule has 0 spiro atoms. The summed E-state index contributed by atoms with van der Waals surface area (Å²) in [6.07, 6.45) is 4.20. The van der Waals surface area contributed by atoms with Crippen molar-refractivity contribution in [2.45, 2.75) is 13.5 Å². The summed E-state index contributed by atoms with van der Waals surface area (Å²) in [5, 5.41) is 12.1. The van der Waals surface area contributed by atoms with Gasteiger partial charge in [-0.05, 0) is 48.9 Å². The first-order valence-corrected chi connectivity index (χ1v) is 6.95. The highest BCUT2D eigenvalue weighted by molar-refractivity contribution is 6.30. The van der Waals surface area contributed by atoms with Crippen molar-refractivity contribution in [1.29, 1.82) is 0 Å². The Morgan fingerprint density at radius 2 is 2.14 bits per heavy atom. The van der Waals surface area contributed by atoms with Gasteiger partial charge in [-0.2, -0.15) is 0 Å². The van der Waals surface area contributed by atoms with E-state index in [1.54, 1.807) is 41.1 Å². The van der Waals surface area contributed by atoms with E-state index in [2.05, 4.69) is 5.32 Å². The summed E-state index contributed by atoms with van der Waals surface area (Å²) in [6.45, 7) is 1.95. The minimum atomic E-state index is -1.03. The van der Waals surface area contributed by atoms with Crippen LogP contribution in [0.15, 0.2) is 42.6 Å². The number of carboxylic acids is 1. The minimum Gasteiger partial charge on any atom is -0.478 e. The molecule has 5 nitrogen and oxygen atoms in total. The number of carbonyl (C=O) groups is 2. The van der Waals surface area contributed by atoms with Crippen LogP contribution in [0.3, 0.4) is 0 Å². The second kappa shape index (κ2) is 6.95. The van der Waals surface area contributed by atoms with Gasteiger partial charge in [0.15, 0.2) is 0 Å². The van der Waals surface area contributed by atoms with E-state index in [4.69, 9.17) is 16.7 Å². The Hall–Kier alpha value is -2.53. The topological polar surface area (TPSA) is 71.3 Å². The van der Waals surface area contributed by atoms with Gasteiger partial charge in [-0.1, -0.05) is 11.6 Å². The molecule has 0 saturated heterocycles. The maximum atomic E-state index is 12.1. The summed E-state index contributed by atoms with van der Waals surface area (Å²) in [5.41, 5.74) is 2.22. The lowest BCUT2D eigenvalue weighted by Gasteiger charge is -2.10. The van der Waals surface area contributed by atoms with Crippen molar-refractivity contribution in [1.82, 2.24) is 4.57 Å². The number of carboxylic acid groups (broad SMARTS) is 1. The van der Waals surface area contributed by atoms with Crippen LogP contribution in [-0.2, 0) is 16.1 Å². The molecule has 0 aliphatic heterocycles. The number of aryl methyl sites for hydroxylation is 1. The van der Waals surface area contributed by atoms with Crippen LogP contribution in [0, 0.1) is 6.92 Å². The van der Waals surface area contributed by atoms with E-state index in [-0.39, 0.29) is 12.5 Å². The van der Waals surface area contributed by atoms with Crippen molar-refractivity contribution in [3.8, 4) is 0 Å².